The highest BCUT2D eigenvalue weighted by atomic mass is 16.5. The van der Waals surface area contributed by atoms with Crippen molar-refractivity contribution in [3.05, 3.63) is 11.6 Å². The molecule has 0 heterocycles. The van der Waals surface area contributed by atoms with Gasteiger partial charge >= 0.3 is 0 Å². The normalized spacial score (nSPS) is 51.6. The van der Waals surface area contributed by atoms with Gasteiger partial charge < -0.3 is 10.2 Å². The first-order valence-electron chi connectivity index (χ1n) is 9.01. The zero-order valence-electron chi connectivity index (χ0n) is 13.6. The summed E-state index contributed by atoms with van der Waals surface area (Å²) in [4.78, 5) is 0. The van der Waals surface area contributed by atoms with Crippen molar-refractivity contribution >= 4 is 0 Å². The fraction of sp³-hybridized carbons (Fsp3) is 0.895. The van der Waals surface area contributed by atoms with Gasteiger partial charge in [0.2, 0.25) is 0 Å². The van der Waals surface area contributed by atoms with Crippen molar-refractivity contribution in [2.45, 2.75) is 77.4 Å². The van der Waals surface area contributed by atoms with Gasteiger partial charge in [-0.15, -0.1) is 0 Å². The van der Waals surface area contributed by atoms with Crippen LogP contribution in [0.4, 0.5) is 0 Å². The number of allylic oxidation sites excluding steroid dienone is 1. The average molecular weight is 290 g/mol. The first-order chi connectivity index (χ1) is 9.84. The molecule has 0 amide bonds. The van der Waals surface area contributed by atoms with Gasteiger partial charge in [0.05, 0.1) is 0 Å². The maximum atomic E-state index is 9.99. The molecule has 0 spiro atoms. The van der Waals surface area contributed by atoms with E-state index in [0.29, 0.717) is 11.8 Å². The molecule has 118 valence electrons. The SMILES string of the molecule is C[C@@]12CCC[C@H]1[C@@H]1CCC3=CC(O)(O)CC[C@]3(C)[C@H]1CC2. The van der Waals surface area contributed by atoms with Crippen LogP contribution in [0, 0.1) is 28.6 Å². The van der Waals surface area contributed by atoms with Crippen LogP contribution >= 0.6 is 0 Å². The highest BCUT2D eigenvalue weighted by Gasteiger charge is 2.56. The Labute approximate surface area is 128 Å². The summed E-state index contributed by atoms with van der Waals surface area (Å²) in [6.07, 6.45) is 12.7. The third-order valence-corrected chi connectivity index (χ3v) is 7.93. The second kappa shape index (κ2) is 4.35. The van der Waals surface area contributed by atoms with E-state index >= 15 is 0 Å². The lowest BCUT2D eigenvalue weighted by Crippen LogP contribution is -2.50. The summed E-state index contributed by atoms with van der Waals surface area (Å²) in [7, 11) is 0. The van der Waals surface area contributed by atoms with Crippen molar-refractivity contribution in [2.75, 3.05) is 0 Å². The molecular formula is C19H30O2. The molecule has 0 aromatic carbocycles. The number of hydrogen-bond acceptors (Lipinski definition) is 2. The zero-order valence-corrected chi connectivity index (χ0v) is 13.6. The fourth-order valence-corrected chi connectivity index (χ4v) is 6.70. The minimum atomic E-state index is -1.54. The van der Waals surface area contributed by atoms with Crippen molar-refractivity contribution in [3.8, 4) is 0 Å². The Hall–Kier alpha value is -0.340. The maximum absolute atomic E-state index is 9.99. The van der Waals surface area contributed by atoms with E-state index in [2.05, 4.69) is 13.8 Å². The van der Waals surface area contributed by atoms with Gasteiger partial charge in [-0.1, -0.05) is 25.8 Å². The first-order valence-corrected chi connectivity index (χ1v) is 9.01. The topological polar surface area (TPSA) is 40.5 Å². The van der Waals surface area contributed by atoms with Crippen LogP contribution in [-0.4, -0.2) is 16.0 Å². The van der Waals surface area contributed by atoms with E-state index in [1.165, 1.54) is 44.1 Å². The predicted molar refractivity (Wildman–Crippen MR) is 83.5 cm³/mol. The molecule has 3 fully saturated rings. The van der Waals surface area contributed by atoms with Crippen LogP contribution < -0.4 is 0 Å². The van der Waals surface area contributed by atoms with E-state index in [9.17, 15) is 10.2 Å². The second-order valence-electron chi connectivity index (χ2n) is 8.97. The molecular weight excluding hydrogens is 260 g/mol. The molecule has 0 unspecified atom stereocenters. The van der Waals surface area contributed by atoms with Crippen LogP contribution in [0.1, 0.15) is 71.6 Å². The van der Waals surface area contributed by atoms with E-state index in [1.807, 2.05) is 0 Å². The van der Waals surface area contributed by atoms with Gasteiger partial charge in [-0.3, -0.25) is 0 Å². The van der Waals surface area contributed by atoms with E-state index in [-0.39, 0.29) is 5.41 Å². The molecule has 5 atom stereocenters. The standard InChI is InChI=1S/C19H30O2/c1-17-8-3-4-15(17)14-6-5-13-12-19(20,21)11-10-18(13,2)16(14)7-9-17/h12,14-16,20-21H,3-11H2,1-2H3/t14-,15-,16-,17-,18-/m0/s1. The fourth-order valence-electron chi connectivity index (χ4n) is 6.70. The van der Waals surface area contributed by atoms with Crippen molar-refractivity contribution in [1.82, 2.24) is 0 Å². The molecule has 0 aromatic heterocycles. The van der Waals surface area contributed by atoms with Crippen molar-refractivity contribution in [1.29, 1.82) is 0 Å². The molecule has 0 bridgehead atoms. The van der Waals surface area contributed by atoms with Gasteiger partial charge in [0, 0.05) is 6.42 Å². The van der Waals surface area contributed by atoms with Gasteiger partial charge in [0.1, 0.15) is 0 Å². The monoisotopic (exact) mass is 290 g/mol. The van der Waals surface area contributed by atoms with Crippen LogP contribution in [0.2, 0.25) is 0 Å². The number of aliphatic hydroxyl groups is 2. The van der Waals surface area contributed by atoms with Gasteiger partial charge in [-0.05, 0) is 79.6 Å². The molecule has 2 heteroatoms. The summed E-state index contributed by atoms with van der Waals surface area (Å²) >= 11 is 0. The van der Waals surface area contributed by atoms with Crippen LogP contribution in [0.25, 0.3) is 0 Å². The van der Waals surface area contributed by atoms with Crippen molar-refractivity contribution in [2.24, 2.45) is 28.6 Å². The van der Waals surface area contributed by atoms with Gasteiger partial charge in [-0.25, -0.2) is 0 Å². The number of hydrogen-bond donors (Lipinski definition) is 2. The van der Waals surface area contributed by atoms with Gasteiger partial charge in [0.25, 0.3) is 0 Å². The Kier molecular flexibility index (Phi) is 2.96. The van der Waals surface area contributed by atoms with Crippen LogP contribution in [0.5, 0.6) is 0 Å². The predicted octanol–water partition coefficient (Wildman–Crippen LogP) is 4.02. The molecule has 21 heavy (non-hydrogen) atoms. The molecule has 0 aliphatic heterocycles. The maximum Gasteiger partial charge on any atom is 0.182 e. The molecule has 4 rings (SSSR count). The summed E-state index contributed by atoms with van der Waals surface area (Å²) in [5.74, 6) is 1.06. The summed E-state index contributed by atoms with van der Waals surface area (Å²) in [5.41, 5.74) is 2.20. The molecule has 0 aromatic rings. The van der Waals surface area contributed by atoms with E-state index in [4.69, 9.17) is 0 Å². The van der Waals surface area contributed by atoms with Gasteiger partial charge in [0.15, 0.2) is 5.79 Å². The Morgan fingerprint density at radius 3 is 2.57 bits per heavy atom. The van der Waals surface area contributed by atoms with Gasteiger partial charge in [-0.2, -0.15) is 0 Å². The highest BCUT2D eigenvalue weighted by Crippen LogP contribution is 2.65. The van der Waals surface area contributed by atoms with Crippen LogP contribution in [0.3, 0.4) is 0 Å². The summed E-state index contributed by atoms with van der Waals surface area (Å²) in [6, 6.07) is 0. The first kappa shape index (κ1) is 14.3. The minimum absolute atomic E-state index is 0.238. The third kappa shape index (κ3) is 1.98. The number of rotatable bonds is 0. The third-order valence-electron chi connectivity index (χ3n) is 7.93. The summed E-state index contributed by atoms with van der Waals surface area (Å²) in [6.45, 7) is 4.96. The summed E-state index contributed by atoms with van der Waals surface area (Å²) in [5, 5.41) is 20.0. The Morgan fingerprint density at radius 2 is 1.76 bits per heavy atom. The van der Waals surface area contributed by atoms with Crippen LogP contribution in [-0.2, 0) is 0 Å². The molecule has 0 radical (unpaired) electrons. The van der Waals surface area contributed by atoms with Crippen molar-refractivity contribution in [3.63, 3.8) is 0 Å². The van der Waals surface area contributed by atoms with Crippen molar-refractivity contribution < 1.29 is 10.2 Å². The Bertz CT molecular complexity index is 480. The molecule has 0 saturated heterocycles. The highest BCUT2D eigenvalue weighted by molar-refractivity contribution is 5.26. The Morgan fingerprint density at radius 1 is 0.952 bits per heavy atom. The minimum Gasteiger partial charge on any atom is -0.362 e. The lowest BCUT2D eigenvalue weighted by atomic mass is 9.47. The van der Waals surface area contributed by atoms with Crippen LogP contribution in [0.15, 0.2) is 11.6 Å². The molecule has 2 N–H and O–H groups in total. The summed E-state index contributed by atoms with van der Waals surface area (Å²) < 4.78 is 0. The quantitative estimate of drug-likeness (QED) is 0.522. The van der Waals surface area contributed by atoms with E-state index in [1.54, 1.807) is 6.08 Å². The second-order valence-corrected chi connectivity index (χ2v) is 8.97. The zero-order chi connectivity index (χ0) is 14.9. The molecule has 2 nitrogen and oxygen atoms in total. The number of fused-ring (bicyclic) bond motifs is 5. The smallest absolute Gasteiger partial charge is 0.182 e. The molecule has 4 aliphatic rings. The van der Waals surface area contributed by atoms with E-state index < -0.39 is 5.79 Å². The Balaban J connectivity index is 1.68. The average Bonchev–Trinajstić information content (AvgIpc) is 2.81. The molecule has 4 aliphatic carbocycles. The largest absolute Gasteiger partial charge is 0.362 e. The molecule has 3 saturated carbocycles. The lowest BCUT2D eigenvalue weighted by Gasteiger charge is -2.58. The van der Waals surface area contributed by atoms with E-state index in [0.717, 1.165) is 30.6 Å². The lowest BCUT2D eigenvalue weighted by molar-refractivity contribution is -0.145.